The average molecular weight is 391 g/mol. The Morgan fingerprint density at radius 2 is 1.86 bits per heavy atom. The number of aromatic nitrogens is 2. The second-order valence-electron chi connectivity index (χ2n) is 6.26. The van der Waals surface area contributed by atoms with E-state index in [9.17, 15) is 18.0 Å². The first-order valence-corrected chi connectivity index (χ1v) is 8.59. The number of halogens is 3. The van der Waals surface area contributed by atoms with Gasteiger partial charge in [0.1, 0.15) is 19.8 Å². The first-order valence-electron chi connectivity index (χ1n) is 8.59. The Morgan fingerprint density at radius 3 is 2.64 bits per heavy atom. The van der Waals surface area contributed by atoms with Crippen LogP contribution in [0.4, 0.5) is 13.2 Å². The Balaban J connectivity index is 1.50. The van der Waals surface area contributed by atoms with Crippen molar-refractivity contribution in [1.29, 1.82) is 0 Å². The Morgan fingerprint density at radius 1 is 1.11 bits per heavy atom. The highest BCUT2D eigenvalue weighted by atomic mass is 19.4. The zero-order chi connectivity index (χ0) is 19.7. The molecule has 6 nitrogen and oxygen atoms in total. The summed E-state index contributed by atoms with van der Waals surface area (Å²) >= 11 is 0. The van der Waals surface area contributed by atoms with Crippen LogP contribution in [0.15, 0.2) is 42.5 Å². The number of carbonyl (C=O) groups excluding carboxylic acids is 1. The summed E-state index contributed by atoms with van der Waals surface area (Å²) in [6, 6.07) is 11.4. The van der Waals surface area contributed by atoms with E-state index in [1.54, 1.807) is 30.3 Å². The summed E-state index contributed by atoms with van der Waals surface area (Å²) in [5, 5.41) is 2.64. The zero-order valence-corrected chi connectivity index (χ0v) is 14.6. The zero-order valence-electron chi connectivity index (χ0n) is 14.6. The lowest BCUT2D eigenvalue weighted by atomic mass is 10.2. The van der Waals surface area contributed by atoms with Gasteiger partial charge in [0.25, 0.3) is 0 Å². The normalized spacial score (nSPS) is 13.5. The van der Waals surface area contributed by atoms with E-state index in [0.717, 1.165) is 10.1 Å². The number of hydrogen-bond donors (Lipinski definition) is 1. The number of nitrogens with zero attached hydrogens (tertiary/aromatic N) is 2. The quantitative estimate of drug-likeness (QED) is 0.742. The van der Waals surface area contributed by atoms with Gasteiger partial charge in [0.05, 0.1) is 11.0 Å². The molecule has 28 heavy (non-hydrogen) atoms. The molecule has 2 aromatic carbocycles. The van der Waals surface area contributed by atoms with Crippen LogP contribution in [-0.4, -0.2) is 28.7 Å². The maximum absolute atomic E-state index is 13.3. The minimum Gasteiger partial charge on any atom is -0.486 e. The maximum Gasteiger partial charge on any atom is 0.449 e. The van der Waals surface area contributed by atoms with Crippen LogP contribution in [0.5, 0.6) is 11.5 Å². The van der Waals surface area contributed by atoms with Crippen molar-refractivity contribution >= 4 is 16.9 Å². The van der Waals surface area contributed by atoms with E-state index in [1.807, 2.05) is 0 Å². The maximum atomic E-state index is 13.3. The van der Waals surface area contributed by atoms with Crippen LogP contribution < -0.4 is 14.8 Å². The molecule has 3 aromatic rings. The topological polar surface area (TPSA) is 65.4 Å². The number of nitrogens with one attached hydrogen (secondary N) is 1. The fourth-order valence-electron chi connectivity index (χ4n) is 3.05. The molecule has 0 unspecified atom stereocenters. The first kappa shape index (κ1) is 18.1. The summed E-state index contributed by atoms with van der Waals surface area (Å²) in [4.78, 5) is 15.9. The van der Waals surface area contributed by atoms with Crippen LogP contribution in [0.1, 0.15) is 11.4 Å². The van der Waals surface area contributed by atoms with E-state index in [0.29, 0.717) is 24.7 Å². The molecule has 1 amide bonds. The van der Waals surface area contributed by atoms with Gasteiger partial charge >= 0.3 is 6.18 Å². The highest BCUT2D eigenvalue weighted by molar-refractivity contribution is 5.81. The minimum absolute atomic E-state index is 0.156. The van der Waals surface area contributed by atoms with E-state index in [4.69, 9.17) is 9.47 Å². The van der Waals surface area contributed by atoms with Crippen LogP contribution in [-0.2, 0) is 24.1 Å². The van der Waals surface area contributed by atoms with E-state index in [1.165, 1.54) is 12.1 Å². The lowest BCUT2D eigenvalue weighted by molar-refractivity contribution is -0.147. The molecular formula is C19H16F3N3O3. The third kappa shape index (κ3) is 3.60. The lowest BCUT2D eigenvalue weighted by Gasteiger charge is -2.19. The molecule has 1 N–H and O–H groups in total. The molecule has 4 rings (SSSR count). The van der Waals surface area contributed by atoms with Gasteiger partial charge in [-0.2, -0.15) is 13.2 Å². The monoisotopic (exact) mass is 391 g/mol. The van der Waals surface area contributed by atoms with Crippen molar-refractivity contribution in [2.24, 2.45) is 0 Å². The molecule has 0 bridgehead atoms. The largest absolute Gasteiger partial charge is 0.486 e. The average Bonchev–Trinajstić information content (AvgIpc) is 3.05. The molecule has 2 heterocycles. The lowest BCUT2D eigenvalue weighted by Crippen LogP contribution is -2.29. The molecule has 0 radical (unpaired) electrons. The van der Waals surface area contributed by atoms with Gasteiger partial charge in [-0.05, 0) is 29.8 Å². The fourth-order valence-corrected chi connectivity index (χ4v) is 3.05. The standard InChI is InChI=1S/C19H16F3N3O3/c20-19(21,22)18-24-13-3-1-2-4-14(13)25(18)11-17(26)23-10-12-5-6-15-16(9-12)28-8-7-27-15/h1-6,9H,7-8,10-11H2,(H,23,26). The summed E-state index contributed by atoms with van der Waals surface area (Å²) in [5.74, 6) is -0.439. The number of alkyl halides is 3. The van der Waals surface area contributed by atoms with E-state index >= 15 is 0 Å². The van der Waals surface area contributed by atoms with Gasteiger partial charge in [0.2, 0.25) is 11.7 Å². The van der Waals surface area contributed by atoms with Crippen LogP contribution in [0.2, 0.25) is 0 Å². The third-order valence-electron chi connectivity index (χ3n) is 4.31. The second kappa shape index (κ2) is 7.06. The van der Waals surface area contributed by atoms with Crippen LogP contribution >= 0.6 is 0 Å². The molecule has 146 valence electrons. The second-order valence-corrected chi connectivity index (χ2v) is 6.26. The van der Waals surface area contributed by atoms with Crippen LogP contribution in [0.3, 0.4) is 0 Å². The van der Waals surface area contributed by atoms with Crippen molar-refractivity contribution in [1.82, 2.24) is 14.9 Å². The molecule has 0 fully saturated rings. The van der Waals surface area contributed by atoms with Crippen LogP contribution in [0, 0.1) is 0 Å². The molecular weight excluding hydrogens is 375 g/mol. The molecule has 0 spiro atoms. The predicted octanol–water partition coefficient (Wildman–Crippen LogP) is 3.14. The highest BCUT2D eigenvalue weighted by Crippen LogP contribution is 2.32. The number of para-hydroxylation sites is 2. The minimum atomic E-state index is -4.66. The van der Waals surface area contributed by atoms with Crippen molar-refractivity contribution in [3.63, 3.8) is 0 Å². The van der Waals surface area contributed by atoms with Gasteiger partial charge in [-0.1, -0.05) is 18.2 Å². The summed E-state index contributed by atoms with van der Waals surface area (Å²) in [5.41, 5.74) is 1.20. The van der Waals surface area contributed by atoms with Gasteiger partial charge in [0, 0.05) is 6.54 Å². The molecule has 0 atom stereocenters. The number of benzene rings is 2. The van der Waals surface area contributed by atoms with Gasteiger partial charge in [-0.15, -0.1) is 0 Å². The number of fused-ring (bicyclic) bond motifs is 2. The highest BCUT2D eigenvalue weighted by Gasteiger charge is 2.37. The van der Waals surface area contributed by atoms with Crippen molar-refractivity contribution in [2.45, 2.75) is 19.3 Å². The molecule has 1 aliphatic heterocycles. The van der Waals surface area contributed by atoms with Gasteiger partial charge in [-0.3, -0.25) is 4.79 Å². The number of imidazole rings is 1. The number of carbonyl (C=O) groups is 1. The molecule has 0 saturated heterocycles. The summed E-state index contributed by atoms with van der Waals surface area (Å²) in [7, 11) is 0. The van der Waals surface area contributed by atoms with Crippen molar-refractivity contribution in [3.05, 3.63) is 53.9 Å². The van der Waals surface area contributed by atoms with E-state index < -0.39 is 24.5 Å². The fraction of sp³-hybridized carbons (Fsp3) is 0.263. The van der Waals surface area contributed by atoms with Gasteiger partial charge in [-0.25, -0.2) is 4.98 Å². The summed E-state index contributed by atoms with van der Waals surface area (Å²) in [6.45, 7) is 0.587. The van der Waals surface area contributed by atoms with Crippen molar-refractivity contribution < 1.29 is 27.4 Å². The molecule has 1 aromatic heterocycles. The van der Waals surface area contributed by atoms with Gasteiger partial charge < -0.3 is 19.4 Å². The van der Waals surface area contributed by atoms with Gasteiger partial charge in [0.15, 0.2) is 11.5 Å². The Kier molecular flexibility index (Phi) is 4.58. The molecule has 0 saturated carbocycles. The number of rotatable bonds is 4. The molecule has 9 heteroatoms. The van der Waals surface area contributed by atoms with E-state index in [2.05, 4.69) is 10.3 Å². The SMILES string of the molecule is O=C(Cn1c(C(F)(F)F)nc2ccccc21)NCc1ccc2c(c1)OCCO2. The smallest absolute Gasteiger partial charge is 0.449 e. The summed E-state index contributed by atoms with van der Waals surface area (Å²) < 4.78 is 51.7. The first-order chi connectivity index (χ1) is 13.4. The Bertz CT molecular complexity index is 1030. The van der Waals surface area contributed by atoms with Crippen molar-refractivity contribution in [2.75, 3.05) is 13.2 Å². The van der Waals surface area contributed by atoms with Crippen molar-refractivity contribution in [3.8, 4) is 11.5 Å². The number of amides is 1. The predicted molar refractivity (Wildman–Crippen MR) is 94.0 cm³/mol. The Hall–Kier alpha value is -3.23. The van der Waals surface area contributed by atoms with E-state index in [-0.39, 0.29) is 17.6 Å². The molecule has 0 aliphatic carbocycles. The number of ether oxygens (including phenoxy) is 2. The Labute approximate surface area is 157 Å². The number of hydrogen-bond acceptors (Lipinski definition) is 4. The summed E-state index contributed by atoms with van der Waals surface area (Å²) in [6.07, 6.45) is -4.66. The molecule has 1 aliphatic rings. The van der Waals surface area contributed by atoms with Crippen LogP contribution in [0.25, 0.3) is 11.0 Å². The third-order valence-corrected chi connectivity index (χ3v) is 4.31.